The van der Waals surface area contributed by atoms with Crippen LogP contribution in [0, 0.1) is 0 Å². The van der Waals surface area contributed by atoms with Crippen LogP contribution in [0.3, 0.4) is 0 Å². The number of nitrogens with two attached hydrogens (primary N) is 1. The fourth-order valence-corrected chi connectivity index (χ4v) is 3.37. The first kappa shape index (κ1) is 19.7. The Morgan fingerprint density at radius 2 is 2.04 bits per heavy atom. The van der Waals surface area contributed by atoms with E-state index in [-0.39, 0.29) is 5.91 Å². The summed E-state index contributed by atoms with van der Waals surface area (Å²) >= 11 is 2.90. The minimum absolute atomic E-state index is 0.288. The van der Waals surface area contributed by atoms with Gasteiger partial charge in [-0.15, -0.1) is 11.3 Å². The Hall–Kier alpha value is -1.58. The van der Waals surface area contributed by atoms with Crippen molar-refractivity contribution in [3.8, 4) is 0 Å². The van der Waals surface area contributed by atoms with E-state index in [4.69, 9.17) is 5.73 Å². The Labute approximate surface area is 152 Å². The van der Waals surface area contributed by atoms with Gasteiger partial charge in [0.15, 0.2) is 5.13 Å². The molecule has 0 aliphatic heterocycles. The lowest BCUT2D eigenvalue weighted by Gasteiger charge is -2.09. The van der Waals surface area contributed by atoms with E-state index in [1.54, 1.807) is 18.0 Å². The summed E-state index contributed by atoms with van der Waals surface area (Å²) in [5.41, 5.74) is 5.86. The molecule has 0 aliphatic carbocycles. The Kier molecular flexibility index (Phi) is 6.86. The van der Waals surface area contributed by atoms with Gasteiger partial charge in [0, 0.05) is 17.5 Å². The summed E-state index contributed by atoms with van der Waals surface area (Å²) in [5.74, 6) is 0.510. The van der Waals surface area contributed by atoms with Gasteiger partial charge in [-0.3, -0.25) is 4.79 Å². The SMILES string of the molecule is CSCC[C@H](N)C(=O)Nc1ncc(Cc2ccc(C(F)(F)F)cc2)s1. The van der Waals surface area contributed by atoms with Gasteiger partial charge < -0.3 is 11.1 Å². The van der Waals surface area contributed by atoms with E-state index in [0.717, 1.165) is 28.3 Å². The summed E-state index contributed by atoms with van der Waals surface area (Å²) in [4.78, 5) is 16.9. The predicted molar refractivity (Wildman–Crippen MR) is 96.0 cm³/mol. The Bertz CT molecular complexity index is 701. The van der Waals surface area contributed by atoms with E-state index in [1.165, 1.54) is 23.5 Å². The minimum Gasteiger partial charge on any atom is -0.320 e. The number of halogens is 3. The van der Waals surface area contributed by atoms with Crippen LogP contribution in [0.5, 0.6) is 0 Å². The van der Waals surface area contributed by atoms with Crippen molar-refractivity contribution in [1.29, 1.82) is 0 Å². The van der Waals surface area contributed by atoms with Crippen molar-refractivity contribution in [2.24, 2.45) is 5.73 Å². The molecule has 1 heterocycles. The molecule has 2 aromatic rings. The monoisotopic (exact) mass is 389 g/mol. The summed E-state index contributed by atoms with van der Waals surface area (Å²) in [5, 5.41) is 3.11. The normalized spacial score (nSPS) is 12.8. The highest BCUT2D eigenvalue weighted by Gasteiger charge is 2.29. The van der Waals surface area contributed by atoms with Crippen molar-refractivity contribution < 1.29 is 18.0 Å². The van der Waals surface area contributed by atoms with Crippen LogP contribution < -0.4 is 11.1 Å². The van der Waals surface area contributed by atoms with Crippen LogP contribution in [-0.4, -0.2) is 28.9 Å². The number of anilines is 1. The third-order valence-electron chi connectivity index (χ3n) is 3.41. The topological polar surface area (TPSA) is 68.0 Å². The second kappa shape index (κ2) is 8.68. The Balaban J connectivity index is 1.94. The fourth-order valence-electron chi connectivity index (χ4n) is 2.03. The maximum absolute atomic E-state index is 12.6. The lowest BCUT2D eigenvalue weighted by molar-refractivity contribution is -0.137. The maximum Gasteiger partial charge on any atom is 0.416 e. The van der Waals surface area contributed by atoms with Gasteiger partial charge in [-0.1, -0.05) is 12.1 Å². The van der Waals surface area contributed by atoms with Crippen molar-refractivity contribution in [3.63, 3.8) is 0 Å². The molecule has 0 fully saturated rings. The molecule has 2 rings (SSSR count). The van der Waals surface area contributed by atoms with Crippen molar-refractivity contribution in [2.75, 3.05) is 17.3 Å². The second-order valence-electron chi connectivity index (χ2n) is 5.38. The molecule has 1 atom stereocenters. The molecule has 9 heteroatoms. The average molecular weight is 389 g/mol. The molecule has 0 saturated carbocycles. The van der Waals surface area contributed by atoms with E-state index in [1.807, 2.05) is 6.26 Å². The maximum atomic E-state index is 12.6. The largest absolute Gasteiger partial charge is 0.416 e. The molecule has 0 bridgehead atoms. The number of rotatable bonds is 7. The number of alkyl halides is 3. The van der Waals surface area contributed by atoms with Gasteiger partial charge >= 0.3 is 6.18 Å². The van der Waals surface area contributed by atoms with Crippen LogP contribution in [0.25, 0.3) is 0 Å². The quantitative estimate of drug-likeness (QED) is 0.756. The van der Waals surface area contributed by atoms with Gasteiger partial charge in [0.25, 0.3) is 0 Å². The van der Waals surface area contributed by atoms with Gasteiger partial charge in [-0.05, 0) is 36.1 Å². The number of nitrogens with zero attached hydrogens (tertiary/aromatic N) is 1. The second-order valence-corrected chi connectivity index (χ2v) is 7.48. The molecule has 1 aromatic heterocycles. The summed E-state index contributed by atoms with van der Waals surface area (Å²) in [7, 11) is 0. The lowest BCUT2D eigenvalue weighted by Crippen LogP contribution is -2.36. The first-order valence-corrected chi connectivity index (χ1v) is 9.67. The van der Waals surface area contributed by atoms with E-state index >= 15 is 0 Å². The molecule has 1 amide bonds. The van der Waals surface area contributed by atoms with E-state index in [9.17, 15) is 18.0 Å². The number of aromatic nitrogens is 1. The number of hydrogen-bond donors (Lipinski definition) is 2. The third kappa shape index (κ3) is 6.02. The van der Waals surface area contributed by atoms with Crippen molar-refractivity contribution in [2.45, 2.75) is 25.1 Å². The van der Waals surface area contributed by atoms with E-state index in [0.29, 0.717) is 18.0 Å². The molecule has 0 radical (unpaired) electrons. The fraction of sp³-hybridized carbons (Fsp3) is 0.375. The smallest absolute Gasteiger partial charge is 0.320 e. The van der Waals surface area contributed by atoms with E-state index in [2.05, 4.69) is 10.3 Å². The molecule has 0 unspecified atom stereocenters. The Morgan fingerprint density at radius 1 is 1.36 bits per heavy atom. The first-order valence-electron chi connectivity index (χ1n) is 7.46. The molecule has 136 valence electrons. The van der Waals surface area contributed by atoms with Crippen LogP contribution in [0.2, 0.25) is 0 Å². The van der Waals surface area contributed by atoms with Gasteiger partial charge in [0.05, 0.1) is 11.6 Å². The highest BCUT2D eigenvalue weighted by molar-refractivity contribution is 7.98. The molecule has 0 spiro atoms. The molecular weight excluding hydrogens is 371 g/mol. The van der Waals surface area contributed by atoms with Crippen LogP contribution in [0.4, 0.5) is 18.3 Å². The molecule has 25 heavy (non-hydrogen) atoms. The van der Waals surface area contributed by atoms with Crippen LogP contribution in [0.15, 0.2) is 30.5 Å². The average Bonchev–Trinajstić information content (AvgIpc) is 2.99. The molecule has 1 aromatic carbocycles. The van der Waals surface area contributed by atoms with Crippen molar-refractivity contribution >= 4 is 34.1 Å². The van der Waals surface area contributed by atoms with Crippen LogP contribution >= 0.6 is 23.1 Å². The zero-order valence-electron chi connectivity index (χ0n) is 13.5. The molecule has 0 saturated heterocycles. The molecule has 0 aliphatic rings. The number of benzene rings is 1. The summed E-state index contributed by atoms with van der Waals surface area (Å²) in [6.07, 6.45) is 0.237. The zero-order chi connectivity index (χ0) is 18.4. The lowest BCUT2D eigenvalue weighted by atomic mass is 10.1. The number of thiazole rings is 1. The number of nitrogens with one attached hydrogen (secondary N) is 1. The standard InChI is InChI=1S/C16H18F3N3OS2/c1-24-7-6-13(20)14(23)22-15-21-9-12(25-15)8-10-2-4-11(5-3-10)16(17,18)19/h2-5,9,13H,6-8,20H2,1H3,(H,21,22,23)/t13-/m0/s1. The first-order chi connectivity index (χ1) is 11.8. The highest BCUT2D eigenvalue weighted by atomic mass is 32.2. The number of carbonyl (C=O) groups is 1. The Morgan fingerprint density at radius 3 is 2.64 bits per heavy atom. The number of hydrogen-bond acceptors (Lipinski definition) is 5. The number of amides is 1. The van der Waals surface area contributed by atoms with Gasteiger partial charge in [0.1, 0.15) is 0 Å². The summed E-state index contributed by atoms with van der Waals surface area (Å²) in [6.45, 7) is 0. The summed E-state index contributed by atoms with van der Waals surface area (Å²) in [6, 6.07) is 4.42. The zero-order valence-corrected chi connectivity index (χ0v) is 15.1. The van der Waals surface area contributed by atoms with Gasteiger partial charge in [-0.2, -0.15) is 24.9 Å². The predicted octanol–water partition coefficient (Wildman–Crippen LogP) is 3.77. The molecule has 4 nitrogen and oxygen atoms in total. The van der Waals surface area contributed by atoms with Crippen LogP contribution in [0.1, 0.15) is 22.4 Å². The molecule has 3 N–H and O–H groups in total. The van der Waals surface area contributed by atoms with Crippen LogP contribution in [-0.2, 0) is 17.4 Å². The van der Waals surface area contributed by atoms with Gasteiger partial charge in [0.2, 0.25) is 5.91 Å². The number of thioether (sulfide) groups is 1. The minimum atomic E-state index is -4.34. The van der Waals surface area contributed by atoms with E-state index < -0.39 is 17.8 Å². The third-order valence-corrected chi connectivity index (χ3v) is 4.97. The molecular formula is C16H18F3N3OS2. The number of carbonyl (C=O) groups excluding carboxylic acids is 1. The summed E-state index contributed by atoms with van der Waals surface area (Å²) < 4.78 is 37.7. The van der Waals surface area contributed by atoms with Crippen molar-refractivity contribution in [1.82, 2.24) is 4.98 Å². The van der Waals surface area contributed by atoms with Gasteiger partial charge in [-0.25, -0.2) is 4.98 Å². The van der Waals surface area contributed by atoms with Crippen molar-refractivity contribution in [3.05, 3.63) is 46.5 Å². The highest BCUT2D eigenvalue weighted by Crippen LogP contribution is 2.29.